The quantitative estimate of drug-likeness (QED) is 0.813. The monoisotopic (exact) mass is 283 g/mol. The molecule has 0 bridgehead atoms. The van der Waals surface area contributed by atoms with Gasteiger partial charge in [-0.15, -0.1) is 0 Å². The van der Waals surface area contributed by atoms with E-state index in [4.69, 9.17) is 5.26 Å². The minimum Gasteiger partial charge on any atom is -0.372 e. The summed E-state index contributed by atoms with van der Waals surface area (Å²) in [6, 6.07) is 3.18. The van der Waals surface area contributed by atoms with Crippen LogP contribution in [-0.4, -0.2) is 19.4 Å². The maximum absolute atomic E-state index is 13.6. The minimum absolute atomic E-state index is 0.0236. The molecule has 0 saturated heterocycles. The molecule has 110 valence electrons. The van der Waals surface area contributed by atoms with E-state index in [1.807, 2.05) is 13.8 Å². The van der Waals surface area contributed by atoms with Crippen molar-refractivity contribution in [3.05, 3.63) is 29.3 Å². The molecule has 0 spiro atoms. The van der Waals surface area contributed by atoms with Crippen LogP contribution in [0.1, 0.15) is 25.8 Å². The number of nitriles is 1. The van der Waals surface area contributed by atoms with E-state index in [1.165, 1.54) is 13.1 Å². The number of carbonyl (C=O) groups is 1. The second-order valence-electron chi connectivity index (χ2n) is 4.41. The predicted molar refractivity (Wildman–Crippen MR) is 74.1 cm³/mol. The molecule has 0 aliphatic rings. The Kier molecular flexibility index (Phi) is 8.09. The molecule has 1 aromatic carbocycles. The highest BCUT2D eigenvalue weighted by Crippen LogP contribution is 2.23. The summed E-state index contributed by atoms with van der Waals surface area (Å²) < 4.78 is 26.7. The van der Waals surface area contributed by atoms with Gasteiger partial charge in [0, 0.05) is 0 Å². The third kappa shape index (κ3) is 4.94. The van der Waals surface area contributed by atoms with Gasteiger partial charge in [-0.1, -0.05) is 13.8 Å². The maximum atomic E-state index is 13.6. The van der Waals surface area contributed by atoms with E-state index in [9.17, 15) is 13.6 Å². The molecule has 0 radical (unpaired) electrons. The highest BCUT2D eigenvalue weighted by Gasteiger charge is 2.17. The second kappa shape index (κ2) is 8.99. The maximum Gasteiger partial charge on any atom is 0.183 e. The molecule has 0 amide bonds. The third-order valence-corrected chi connectivity index (χ3v) is 2.43. The lowest BCUT2D eigenvalue weighted by Crippen LogP contribution is -2.24. The minimum atomic E-state index is -1.13. The van der Waals surface area contributed by atoms with Gasteiger partial charge in [0.1, 0.15) is 12.4 Å². The van der Waals surface area contributed by atoms with Crippen LogP contribution in [0.25, 0.3) is 0 Å². The van der Waals surface area contributed by atoms with E-state index in [-0.39, 0.29) is 17.2 Å². The molecule has 0 aliphatic heterocycles. The molecule has 1 atom stereocenters. The van der Waals surface area contributed by atoms with E-state index in [0.29, 0.717) is 12.7 Å². The van der Waals surface area contributed by atoms with Crippen molar-refractivity contribution in [2.45, 2.75) is 26.3 Å². The summed E-state index contributed by atoms with van der Waals surface area (Å²) in [7, 11) is 1.50. The summed E-state index contributed by atoms with van der Waals surface area (Å²) >= 11 is 0. The normalized spacial score (nSPS) is 11.1. The summed E-state index contributed by atoms with van der Waals surface area (Å²) in [6.45, 7) is 3.82. The molecule has 3 N–H and O–H groups in total. The lowest BCUT2D eigenvalue weighted by molar-refractivity contribution is -0.108. The van der Waals surface area contributed by atoms with E-state index in [0.717, 1.165) is 6.07 Å². The van der Waals surface area contributed by atoms with Crippen molar-refractivity contribution < 1.29 is 13.6 Å². The molecule has 0 unspecified atom stereocenters. The van der Waals surface area contributed by atoms with Crippen LogP contribution < -0.4 is 11.1 Å². The Bertz CT molecular complexity index is 484. The average molecular weight is 283 g/mol. The SMILES string of the molecule is CC(C)C[C@H](C=O)Nc1c(C#N)ccc(F)c1F.CN. The number of nitrogens with two attached hydrogens (primary N) is 1. The van der Waals surface area contributed by atoms with Gasteiger partial charge in [-0.2, -0.15) is 5.26 Å². The highest BCUT2D eigenvalue weighted by molar-refractivity contribution is 5.68. The van der Waals surface area contributed by atoms with Gasteiger partial charge in [0.05, 0.1) is 17.3 Å². The molecule has 1 aromatic rings. The van der Waals surface area contributed by atoms with Crippen molar-refractivity contribution in [2.75, 3.05) is 12.4 Å². The zero-order chi connectivity index (χ0) is 15.7. The van der Waals surface area contributed by atoms with Gasteiger partial charge in [0.25, 0.3) is 0 Å². The Morgan fingerprint density at radius 2 is 2.00 bits per heavy atom. The number of nitrogens with zero attached hydrogens (tertiary/aromatic N) is 1. The van der Waals surface area contributed by atoms with Crippen molar-refractivity contribution in [1.82, 2.24) is 0 Å². The van der Waals surface area contributed by atoms with Crippen LogP contribution in [0.2, 0.25) is 0 Å². The fourth-order valence-electron chi connectivity index (χ4n) is 1.63. The smallest absolute Gasteiger partial charge is 0.183 e. The van der Waals surface area contributed by atoms with Crippen LogP contribution >= 0.6 is 0 Å². The first kappa shape index (κ1) is 18.0. The first-order valence-corrected chi connectivity index (χ1v) is 6.17. The Morgan fingerprint density at radius 3 is 2.45 bits per heavy atom. The number of hydrogen-bond acceptors (Lipinski definition) is 4. The molecule has 1 rings (SSSR count). The standard InChI is InChI=1S/C13H14F2N2O.CH5N/c1-8(2)5-10(7-18)17-13-9(6-16)3-4-11(14)12(13)15;1-2/h3-4,7-8,10,17H,5H2,1-2H3;2H2,1H3/t10-;/m1./s1. The third-order valence-electron chi connectivity index (χ3n) is 2.43. The van der Waals surface area contributed by atoms with Gasteiger partial charge in [-0.25, -0.2) is 8.78 Å². The number of halogens is 2. The lowest BCUT2D eigenvalue weighted by atomic mass is 10.0. The van der Waals surface area contributed by atoms with Crippen LogP contribution in [0, 0.1) is 28.9 Å². The van der Waals surface area contributed by atoms with E-state index >= 15 is 0 Å². The molecular weight excluding hydrogens is 264 g/mol. The molecule has 0 saturated carbocycles. The largest absolute Gasteiger partial charge is 0.372 e. The summed E-state index contributed by atoms with van der Waals surface area (Å²) in [5, 5.41) is 11.4. The average Bonchev–Trinajstić information content (AvgIpc) is 2.44. The van der Waals surface area contributed by atoms with Crippen molar-refractivity contribution in [3.8, 4) is 6.07 Å². The van der Waals surface area contributed by atoms with Crippen molar-refractivity contribution in [1.29, 1.82) is 5.26 Å². The number of rotatable bonds is 5. The van der Waals surface area contributed by atoms with Gasteiger partial charge >= 0.3 is 0 Å². The van der Waals surface area contributed by atoms with Crippen molar-refractivity contribution >= 4 is 12.0 Å². The second-order valence-corrected chi connectivity index (χ2v) is 4.41. The number of hydrogen-bond donors (Lipinski definition) is 2. The Hall–Kier alpha value is -2.00. The van der Waals surface area contributed by atoms with E-state index in [1.54, 1.807) is 6.07 Å². The Labute approximate surface area is 117 Å². The molecule has 20 heavy (non-hydrogen) atoms. The van der Waals surface area contributed by atoms with E-state index in [2.05, 4.69) is 11.1 Å². The summed E-state index contributed by atoms with van der Waals surface area (Å²) in [6.07, 6.45) is 1.11. The molecule has 4 nitrogen and oxygen atoms in total. The van der Waals surface area contributed by atoms with Gasteiger partial charge in [-0.3, -0.25) is 0 Å². The first-order chi connectivity index (χ1) is 9.49. The van der Waals surface area contributed by atoms with Crippen LogP contribution in [0.5, 0.6) is 0 Å². The van der Waals surface area contributed by atoms with Crippen LogP contribution in [-0.2, 0) is 4.79 Å². The summed E-state index contributed by atoms with van der Waals surface area (Å²) in [4.78, 5) is 10.9. The van der Waals surface area contributed by atoms with Gasteiger partial charge < -0.3 is 15.8 Å². The number of carbonyl (C=O) groups excluding carboxylic acids is 1. The molecule has 0 fully saturated rings. The Balaban J connectivity index is 0.00000172. The molecule has 0 heterocycles. The van der Waals surface area contributed by atoms with E-state index < -0.39 is 17.7 Å². The summed E-state index contributed by atoms with van der Waals surface area (Å²) in [5.41, 5.74) is 4.22. The highest BCUT2D eigenvalue weighted by atomic mass is 19.2. The molecule has 6 heteroatoms. The van der Waals surface area contributed by atoms with Gasteiger partial charge in [-0.05, 0) is 31.5 Å². The zero-order valence-electron chi connectivity index (χ0n) is 11.8. The fraction of sp³-hybridized carbons (Fsp3) is 0.429. The topological polar surface area (TPSA) is 78.9 Å². The zero-order valence-corrected chi connectivity index (χ0v) is 11.8. The first-order valence-electron chi connectivity index (χ1n) is 6.17. The van der Waals surface area contributed by atoms with Gasteiger partial charge in [0.2, 0.25) is 0 Å². The molecule has 0 aliphatic carbocycles. The summed E-state index contributed by atoms with van der Waals surface area (Å²) in [5.74, 6) is -1.97. The Morgan fingerprint density at radius 1 is 1.40 bits per heavy atom. The van der Waals surface area contributed by atoms with Crippen molar-refractivity contribution in [3.63, 3.8) is 0 Å². The van der Waals surface area contributed by atoms with Crippen LogP contribution in [0.3, 0.4) is 0 Å². The number of benzene rings is 1. The lowest BCUT2D eigenvalue weighted by Gasteiger charge is -2.17. The van der Waals surface area contributed by atoms with Crippen molar-refractivity contribution in [2.24, 2.45) is 11.7 Å². The number of aldehydes is 1. The number of nitrogens with one attached hydrogen (secondary N) is 1. The number of anilines is 1. The van der Waals surface area contributed by atoms with Crippen LogP contribution in [0.4, 0.5) is 14.5 Å². The fourth-order valence-corrected chi connectivity index (χ4v) is 1.63. The molecule has 0 aromatic heterocycles. The molecular formula is C14H19F2N3O. The van der Waals surface area contributed by atoms with Gasteiger partial charge in [0.15, 0.2) is 11.6 Å². The van der Waals surface area contributed by atoms with Crippen LogP contribution in [0.15, 0.2) is 12.1 Å². The predicted octanol–water partition coefficient (Wildman–Crippen LogP) is 2.44.